The fourth-order valence-electron chi connectivity index (χ4n) is 1.93. The summed E-state index contributed by atoms with van der Waals surface area (Å²) in [6, 6.07) is 6.11. The van der Waals surface area contributed by atoms with Crippen LogP contribution in [-0.2, 0) is 10.0 Å². The Kier molecular flexibility index (Phi) is 4.11. The maximum Gasteiger partial charge on any atom is 0.243 e. The van der Waals surface area contributed by atoms with Crippen LogP contribution in [0.25, 0.3) is 0 Å². The first-order chi connectivity index (χ1) is 8.95. The van der Waals surface area contributed by atoms with E-state index in [1.807, 2.05) is 13.1 Å². The van der Waals surface area contributed by atoms with Crippen LogP contribution in [0, 0.1) is 11.3 Å². The van der Waals surface area contributed by atoms with Crippen LogP contribution in [0.15, 0.2) is 23.1 Å². The lowest BCUT2D eigenvalue weighted by atomic mass is 10.2. The van der Waals surface area contributed by atoms with Crippen molar-refractivity contribution in [2.24, 2.45) is 0 Å². The number of nitriles is 1. The number of nitrogens with zero attached hydrogens (tertiary/aromatic N) is 3. The maximum atomic E-state index is 12.4. The Bertz CT molecular complexity index is 616. The largest absolute Gasteiger partial charge is 0.304 e. The van der Waals surface area contributed by atoms with Gasteiger partial charge in [0.2, 0.25) is 10.0 Å². The van der Waals surface area contributed by atoms with Crippen molar-refractivity contribution in [3.63, 3.8) is 0 Å². The van der Waals surface area contributed by atoms with E-state index in [0.29, 0.717) is 26.2 Å². The molecule has 1 aliphatic heterocycles. The highest BCUT2D eigenvalue weighted by Gasteiger charge is 2.27. The van der Waals surface area contributed by atoms with Gasteiger partial charge < -0.3 is 4.90 Å². The molecule has 0 radical (unpaired) electrons. The molecule has 0 atom stereocenters. The zero-order valence-electron chi connectivity index (χ0n) is 10.5. The number of hydrogen-bond acceptors (Lipinski definition) is 4. The van der Waals surface area contributed by atoms with Gasteiger partial charge in [0.25, 0.3) is 0 Å². The number of rotatable bonds is 2. The predicted molar refractivity (Wildman–Crippen MR) is 72.4 cm³/mol. The third kappa shape index (κ3) is 2.90. The molecule has 19 heavy (non-hydrogen) atoms. The molecule has 102 valence electrons. The minimum absolute atomic E-state index is 0.123. The van der Waals surface area contributed by atoms with Crippen molar-refractivity contribution in [2.75, 3.05) is 33.2 Å². The number of halogens is 1. The molecule has 1 aromatic carbocycles. The lowest BCUT2D eigenvalue weighted by Gasteiger charge is -2.31. The molecule has 1 aliphatic rings. The van der Waals surface area contributed by atoms with Crippen molar-refractivity contribution in [1.29, 1.82) is 5.26 Å². The van der Waals surface area contributed by atoms with Crippen LogP contribution in [0.1, 0.15) is 5.56 Å². The molecule has 1 fully saturated rings. The summed E-state index contributed by atoms with van der Waals surface area (Å²) in [6.07, 6.45) is 0. The van der Waals surface area contributed by atoms with Gasteiger partial charge in [-0.25, -0.2) is 8.42 Å². The molecular formula is C12H14ClN3O2S. The van der Waals surface area contributed by atoms with E-state index >= 15 is 0 Å². The van der Waals surface area contributed by atoms with Gasteiger partial charge in [-0.15, -0.1) is 0 Å². The topological polar surface area (TPSA) is 64.4 Å². The van der Waals surface area contributed by atoms with Gasteiger partial charge in [0, 0.05) is 26.2 Å². The first-order valence-electron chi connectivity index (χ1n) is 5.83. The zero-order valence-corrected chi connectivity index (χ0v) is 12.1. The van der Waals surface area contributed by atoms with Gasteiger partial charge in [0.1, 0.15) is 6.07 Å². The Morgan fingerprint density at radius 3 is 2.47 bits per heavy atom. The Morgan fingerprint density at radius 1 is 1.26 bits per heavy atom. The first-order valence-corrected chi connectivity index (χ1v) is 7.65. The smallest absolute Gasteiger partial charge is 0.243 e. The maximum absolute atomic E-state index is 12.4. The molecule has 1 saturated heterocycles. The van der Waals surface area contributed by atoms with E-state index in [1.54, 1.807) is 0 Å². The molecule has 0 saturated carbocycles. The standard InChI is InChI=1S/C12H14ClN3O2S/c1-15-4-6-16(7-5-15)19(17,18)11-2-3-12(13)10(8-11)9-14/h2-3,8H,4-7H2,1H3. The Balaban J connectivity index is 2.32. The third-order valence-corrected chi connectivity index (χ3v) is 5.38. The average molecular weight is 300 g/mol. The molecule has 0 unspecified atom stereocenters. The summed E-state index contributed by atoms with van der Waals surface area (Å²) < 4.78 is 26.3. The van der Waals surface area contributed by atoms with Gasteiger partial charge >= 0.3 is 0 Å². The molecule has 5 nitrogen and oxygen atoms in total. The quantitative estimate of drug-likeness (QED) is 0.822. The van der Waals surface area contributed by atoms with Crippen molar-refractivity contribution >= 4 is 21.6 Å². The highest BCUT2D eigenvalue weighted by Crippen LogP contribution is 2.23. The Morgan fingerprint density at radius 2 is 1.89 bits per heavy atom. The summed E-state index contributed by atoms with van der Waals surface area (Å²) in [5.74, 6) is 0. The number of likely N-dealkylation sites (N-methyl/N-ethyl adjacent to an activating group) is 1. The SMILES string of the molecule is CN1CCN(S(=O)(=O)c2ccc(Cl)c(C#N)c2)CC1. The fourth-order valence-corrected chi connectivity index (χ4v) is 3.54. The van der Waals surface area contributed by atoms with Crippen LogP contribution < -0.4 is 0 Å². The van der Waals surface area contributed by atoms with Crippen LogP contribution in [0.3, 0.4) is 0 Å². The normalized spacial score (nSPS) is 18.2. The second-order valence-electron chi connectivity index (χ2n) is 4.46. The summed E-state index contributed by atoms with van der Waals surface area (Å²) in [7, 11) is -1.58. The fraction of sp³-hybridized carbons (Fsp3) is 0.417. The van der Waals surface area contributed by atoms with E-state index in [2.05, 4.69) is 4.90 Å². The van der Waals surface area contributed by atoms with Crippen molar-refractivity contribution in [1.82, 2.24) is 9.21 Å². The highest BCUT2D eigenvalue weighted by molar-refractivity contribution is 7.89. The van der Waals surface area contributed by atoms with Gasteiger partial charge in [-0.05, 0) is 25.2 Å². The molecular weight excluding hydrogens is 286 g/mol. The summed E-state index contributed by atoms with van der Waals surface area (Å²) in [4.78, 5) is 2.20. The van der Waals surface area contributed by atoms with E-state index < -0.39 is 10.0 Å². The first kappa shape index (κ1) is 14.3. The summed E-state index contributed by atoms with van der Waals surface area (Å²) in [6.45, 7) is 2.34. The minimum atomic E-state index is -3.54. The van der Waals surface area contributed by atoms with Crippen molar-refractivity contribution in [3.8, 4) is 6.07 Å². The van der Waals surface area contributed by atoms with Crippen molar-refractivity contribution in [3.05, 3.63) is 28.8 Å². The second-order valence-corrected chi connectivity index (χ2v) is 6.81. The summed E-state index contributed by atoms with van der Waals surface area (Å²) >= 11 is 5.81. The molecule has 1 aromatic rings. The zero-order chi connectivity index (χ0) is 14.0. The lowest BCUT2D eigenvalue weighted by Crippen LogP contribution is -2.47. The molecule has 0 amide bonds. The lowest BCUT2D eigenvalue weighted by molar-refractivity contribution is 0.222. The van der Waals surface area contributed by atoms with Crippen molar-refractivity contribution < 1.29 is 8.42 Å². The van der Waals surface area contributed by atoms with Crippen LogP contribution in [0.4, 0.5) is 0 Å². The molecule has 0 aliphatic carbocycles. The Labute approximate surface area is 118 Å². The molecule has 1 heterocycles. The minimum Gasteiger partial charge on any atom is -0.304 e. The number of hydrogen-bond donors (Lipinski definition) is 0. The molecule has 0 N–H and O–H groups in total. The van der Waals surface area contributed by atoms with E-state index in [9.17, 15) is 8.42 Å². The molecule has 0 bridgehead atoms. The Hall–Kier alpha value is -1.13. The van der Waals surface area contributed by atoms with E-state index in [1.165, 1.54) is 22.5 Å². The molecule has 7 heteroatoms. The molecule has 0 spiro atoms. The van der Waals surface area contributed by atoms with E-state index in [-0.39, 0.29) is 15.5 Å². The van der Waals surface area contributed by atoms with Crippen LogP contribution in [0.5, 0.6) is 0 Å². The van der Waals surface area contributed by atoms with Crippen LogP contribution >= 0.6 is 11.6 Å². The number of sulfonamides is 1. The van der Waals surface area contributed by atoms with Gasteiger partial charge in [-0.3, -0.25) is 0 Å². The highest BCUT2D eigenvalue weighted by atomic mass is 35.5. The van der Waals surface area contributed by atoms with Crippen LogP contribution in [0.2, 0.25) is 5.02 Å². The predicted octanol–water partition coefficient (Wildman–Crippen LogP) is 1.15. The monoisotopic (exact) mass is 299 g/mol. The number of piperazine rings is 1. The van der Waals surface area contributed by atoms with E-state index in [4.69, 9.17) is 16.9 Å². The third-order valence-electron chi connectivity index (χ3n) is 3.16. The summed E-state index contributed by atoms with van der Waals surface area (Å²) in [5.41, 5.74) is 0.178. The van der Waals surface area contributed by atoms with E-state index in [0.717, 1.165) is 0 Å². The average Bonchev–Trinajstić information content (AvgIpc) is 2.39. The molecule has 2 rings (SSSR count). The number of benzene rings is 1. The van der Waals surface area contributed by atoms with Gasteiger partial charge in [0.15, 0.2) is 0 Å². The van der Waals surface area contributed by atoms with Gasteiger partial charge in [0.05, 0.1) is 15.5 Å². The summed E-state index contributed by atoms with van der Waals surface area (Å²) in [5, 5.41) is 9.17. The van der Waals surface area contributed by atoms with Gasteiger partial charge in [-0.1, -0.05) is 11.6 Å². The molecule has 0 aromatic heterocycles. The second kappa shape index (κ2) is 5.47. The van der Waals surface area contributed by atoms with Crippen LogP contribution in [-0.4, -0.2) is 50.8 Å². The van der Waals surface area contributed by atoms with Crippen molar-refractivity contribution in [2.45, 2.75) is 4.90 Å². The van der Waals surface area contributed by atoms with Gasteiger partial charge in [-0.2, -0.15) is 9.57 Å².